The summed E-state index contributed by atoms with van der Waals surface area (Å²) in [5.74, 6) is 1.11. The molecular formula is C11H20O3. The van der Waals surface area contributed by atoms with Gasteiger partial charge in [-0.05, 0) is 18.8 Å². The van der Waals surface area contributed by atoms with Gasteiger partial charge in [-0.25, -0.2) is 0 Å². The van der Waals surface area contributed by atoms with E-state index < -0.39 is 0 Å². The zero-order valence-electron chi connectivity index (χ0n) is 9.29. The van der Waals surface area contributed by atoms with Crippen molar-refractivity contribution in [3.8, 4) is 0 Å². The summed E-state index contributed by atoms with van der Waals surface area (Å²) in [6.07, 6.45) is 1.84. The number of carbonyl (C=O) groups is 1. The van der Waals surface area contributed by atoms with Crippen molar-refractivity contribution in [3.05, 3.63) is 0 Å². The van der Waals surface area contributed by atoms with Gasteiger partial charge in [-0.3, -0.25) is 4.79 Å². The molecule has 1 saturated heterocycles. The van der Waals surface area contributed by atoms with Crippen molar-refractivity contribution in [2.24, 2.45) is 17.8 Å². The fraction of sp³-hybridized carbons (Fsp3) is 0.909. The van der Waals surface area contributed by atoms with E-state index in [0.717, 1.165) is 26.1 Å². The number of esters is 1. The molecule has 0 radical (unpaired) electrons. The highest BCUT2D eigenvalue weighted by Crippen LogP contribution is 2.25. The maximum absolute atomic E-state index is 11.5. The van der Waals surface area contributed by atoms with Crippen LogP contribution in [0.25, 0.3) is 0 Å². The van der Waals surface area contributed by atoms with Crippen molar-refractivity contribution >= 4 is 5.97 Å². The number of carbonyl (C=O) groups excluding carboxylic acids is 1. The minimum atomic E-state index is -0.0643. The lowest BCUT2D eigenvalue weighted by molar-refractivity contribution is -0.148. The summed E-state index contributed by atoms with van der Waals surface area (Å²) < 4.78 is 9.90. The predicted octanol–water partition coefficient (Wildman–Crippen LogP) is 1.86. The van der Waals surface area contributed by atoms with Gasteiger partial charge in [0.1, 0.15) is 0 Å². The van der Waals surface area contributed by atoms with Crippen molar-refractivity contribution in [1.29, 1.82) is 0 Å². The van der Waals surface area contributed by atoms with Gasteiger partial charge in [0.15, 0.2) is 0 Å². The van der Waals surface area contributed by atoms with Crippen LogP contribution in [0.1, 0.15) is 26.7 Å². The summed E-state index contributed by atoms with van der Waals surface area (Å²) in [7, 11) is 1.47. The molecule has 1 heterocycles. The van der Waals surface area contributed by atoms with Gasteiger partial charge in [0.2, 0.25) is 0 Å². The standard InChI is InChI=1S/C11H20O3/c1-8(2)4-10(11(12)13-3)5-9-6-14-7-9/h8-10H,4-7H2,1-3H3. The zero-order valence-corrected chi connectivity index (χ0v) is 9.29. The Bertz CT molecular complexity index is 185. The van der Waals surface area contributed by atoms with E-state index in [-0.39, 0.29) is 11.9 Å². The molecule has 1 aliphatic heterocycles. The molecule has 82 valence electrons. The largest absolute Gasteiger partial charge is 0.469 e. The molecule has 14 heavy (non-hydrogen) atoms. The highest BCUT2D eigenvalue weighted by molar-refractivity contribution is 5.72. The van der Waals surface area contributed by atoms with Crippen LogP contribution < -0.4 is 0 Å². The van der Waals surface area contributed by atoms with Gasteiger partial charge >= 0.3 is 5.97 Å². The van der Waals surface area contributed by atoms with Gasteiger partial charge in [-0.1, -0.05) is 13.8 Å². The molecule has 0 aromatic carbocycles. The Morgan fingerprint density at radius 1 is 1.50 bits per heavy atom. The van der Waals surface area contributed by atoms with E-state index >= 15 is 0 Å². The lowest BCUT2D eigenvalue weighted by Gasteiger charge is -2.29. The van der Waals surface area contributed by atoms with Crippen molar-refractivity contribution in [2.45, 2.75) is 26.7 Å². The third-order valence-electron chi connectivity index (χ3n) is 2.62. The van der Waals surface area contributed by atoms with Gasteiger partial charge in [0.05, 0.1) is 26.2 Å². The highest BCUT2D eigenvalue weighted by atomic mass is 16.5. The van der Waals surface area contributed by atoms with E-state index in [0.29, 0.717) is 11.8 Å². The van der Waals surface area contributed by atoms with Crippen molar-refractivity contribution in [1.82, 2.24) is 0 Å². The first-order chi connectivity index (χ1) is 6.63. The molecule has 0 aliphatic carbocycles. The monoisotopic (exact) mass is 200 g/mol. The molecule has 1 atom stereocenters. The molecule has 1 aliphatic rings. The Kier molecular flexibility index (Phi) is 4.39. The Morgan fingerprint density at radius 3 is 2.50 bits per heavy atom. The Morgan fingerprint density at radius 2 is 2.14 bits per heavy atom. The molecule has 0 saturated carbocycles. The van der Waals surface area contributed by atoms with Crippen LogP contribution >= 0.6 is 0 Å². The van der Waals surface area contributed by atoms with E-state index in [1.807, 2.05) is 0 Å². The molecule has 3 heteroatoms. The highest BCUT2D eigenvalue weighted by Gasteiger charge is 2.28. The summed E-state index contributed by atoms with van der Waals surface area (Å²) in [6, 6.07) is 0. The van der Waals surface area contributed by atoms with Crippen molar-refractivity contribution in [2.75, 3.05) is 20.3 Å². The molecule has 0 aromatic rings. The molecule has 0 aromatic heterocycles. The summed E-state index contributed by atoms with van der Waals surface area (Å²) >= 11 is 0. The van der Waals surface area contributed by atoms with Gasteiger partial charge in [0.25, 0.3) is 0 Å². The lowest BCUT2D eigenvalue weighted by Crippen LogP contribution is -2.32. The second kappa shape index (κ2) is 5.35. The van der Waals surface area contributed by atoms with Gasteiger partial charge in [0, 0.05) is 5.92 Å². The molecule has 3 nitrogen and oxygen atoms in total. The maximum atomic E-state index is 11.5. The average molecular weight is 200 g/mol. The third-order valence-corrected chi connectivity index (χ3v) is 2.62. The lowest BCUT2D eigenvalue weighted by atomic mass is 9.87. The number of hydrogen-bond donors (Lipinski definition) is 0. The number of hydrogen-bond acceptors (Lipinski definition) is 3. The number of ether oxygens (including phenoxy) is 2. The normalized spacial score (nSPS) is 19.1. The summed E-state index contributed by atoms with van der Waals surface area (Å²) in [4.78, 5) is 11.5. The summed E-state index contributed by atoms with van der Waals surface area (Å²) in [5.41, 5.74) is 0. The van der Waals surface area contributed by atoms with Gasteiger partial charge in [-0.2, -0.15) is 0 Å². The van der Waals surface area contributed by atoms with Crippen LogP contribution in [0.3, 0.4) is 0 Å². The molecular weight excluding hydrogens is 180 g/mol. The Labute approximate surface area is 85.8 Å². The Balaban J connectivity index is 2.38. The molecule has 0 N–H and O–H groups in total. The van der Waals surface area contributed by atoms with Crippen LogP contribution in [0.15, 0.2) is 0 Å². The van der Waals surface area contributed by atoms with E-state index in [1.165, 1.54) is 7.11 Å². The van der Waals surface area contributed by atoms with Gasteiger partial charge in [-0.15, -0.1) is 0 Å². The topological polar surface area (TPSA) is 35.5 Å². The zero-order chi connectivity index (χ0) is 10.6. The van der Waals surface area contributed by atoms with Crippen LogP contribution in [0, 0.1) is 17.8 Å². The molecule has 0 bridgehead atoms. The molecule has 0 spiro atoms. The summed E-state index contributed by atoms with van der Waals surface area (Å²) in [6.45, 7) is 5.89. The first-order valence-electron chi connectivity index (χ1n) is 5.29. The molecule has 1 fully saturated rings. The SMILES string of the molecule is COC(=O)C(CC(C)C)CC1COC1. The fourth-order valence-electron chi connectivity index (χ4n) is 1.85. The minimum absolute atomic E-state index is 0.0638. The molecule has 1 rings (SSSR count). The molecule has 1 unspecified atom stereocenters. The second-order valence-electron chi connectivity index (χ2n) is 4.49. The van der Waals surface area contributed by atoms with Crippen molar-refractivity contribution < 1.29 is 14.3 Å². The van der Waals surface area contributed by atoms with E-state index in [1.54, 1.807) is 0 Å². The average Bonchev–Trinajstić information content (AvgIpc) is 2.07. The van der Waals surface area contributed by atoms with Crippen LogP contribution in [0.2, 0.25) is 0 Å². The summed E-state index contributed by atoms with van der Waals surface area (Å²) in [5, 5.41) is 0. The number of rotatable bonds is 5. The smallest absolute Gasteiger partial charge is 0.308 e. The first kappa shape index (κ1) is 11.5. The van der Waals surface area contributed by atoms with Crippen LogP contribution in [-0.4, -0.2) is 26.3 Å². The molecule has 0 amide bonds. The van der Waals surface area contributed by atoms with Crippen LogP contribution in [0.5, 0.6) is 0 Å². The van der Waals surface area contributed by atoms with E-state index in [4.69, 9.17) is 9.47 Å². The van der Waals surface area contributed by atoms with E-state index in [2.05, 4.69) is 13.8 Å². The predicted molar refractivity (Wildman–Crippen MR) is 53.9 cm³/mol. The minimum Gasteiger partial charge on any atom is -0.469 e. The first-order valence-corrected chi connectivity index (χ1v) is 5.29. The number of methoxy groups -OCH3 is 1. The van der Waals surface area contributed by atoms with E-state index in [9.17, 15) is 4.79 Å². The van der Waals surface area contributed by atoms with Crippen LogP contribution in [-0.2, 0) is 14.3 Å². The van der Waals surface area contributed by atoms with Gasteiger partial charge < -0.3 is 9.47 Å². The fourth-order valence-corrected chi connectivity index (χ4v) is 1.85. The maximum Gasteiger partial charge on any atom is 0.308 e. The van der Waals surface area contributed by atoms with Crippen LogP contribution in [0.4, 0.5) is 0 Å². The third kappa shape index (κ3) is 3.29. The second-order valence-corrected chi connectivity index (χ2v) is 4.49. The van der Waals surface area contributed by atoms with Crippen molar-refractivity contribution in [3.63, 3.8) is 0 Å². The quantitative estimate of drug-likeness (QED) is 0.635. The Hall–Kier alpha value is -0.570.